The van der Waals surface area contributed by atoms with E-state index in [1.165, 1.54) is 0 Å². The third kappa shape index (κ3) is 2.98. The zero-order chi connectivity index (χ0) is 13.3. The van der Waals surface area contributed by atoms with Gasteiger partial charge in [-0.1, -0.05) is 0 Å². The summed E-state index contributed by atoms with van der Waals surface area (Å²) in [5, 5.41) is 12.2. The predicted octanol–water partition coefficient (Wildman–Crippen LogP) is 0.654. The largest absolute Gasteiger partial charge is 0.481 e. The summed E-state index contributed by atoms with van der Waals surface area (Å²) in [6.45, 7) is 5.93. The van der Waals surface area contributed by atoms with Gasteiger partial charge in [-0.05, 0) is 40.2 Å². The molecule has 0 aliphatic carbocycles. The first kappa shape index (κ1) is 14.4. The van der Waals surface area contributed by atoms with Gasteiger partial charge in [-0.25, -0.2) is 8.42 Å². The molecule has 5 nitrogen and oxygen atoms in total. The number of carbonyl (C=O) groups is 1. The summed E-state index contributed by atoms with van der Waals surface area (Å²) in [7, 11) is -3.25. The second-order valence-electron chi connectivity index (χ2n) is 5.69. The maximum absolute atomic E-state index is 12.0. The normalized spacial score (nSPS) is 26.1. The topological polar surface area (TPSA) is 83.5 Å². The van der Waals surface area contributed by atoms with Gasteiger partial charge in [0.05, 0.1) is 15.9 Å². The number of sulfone groups is 1. The molecule has 1 fully saturated rings. The van der Waals surface area contributed by atoms with Crippen molar-refractivity contribution in [2.45, 2.75) is 38.4 Å². The molecule has 0 saturated carbocycles. The van der Waals surface area contributed by atoms with Crippen molar-refractivity contribution in [2.24, 2.45) is 5.41 Å². The maximum Gasteiger partial charge on any atom is 0.311 e. The van der Waals surface area contributed by atoms with Crippen LogP contribution >= 0.6 is 0 Å². The highest BCUT2D eigenvalue weighted by atomic mass is 32.2. The van der Waals surface area contributed by atoms with Gasteiger partial charge in [0, 0.05) is 6.54 Å². The van der Waals surface area contributed by atoms with E-state index in [9.17, 15) is 18.3 Å². The van der Waals surface area contributed by atoms with Gasteiger partial charge in [-0.15, -0.1) is 0 Å². The average Bonchev–Trinajstić information content (AvgIpc) is 2.62. The standard InChI is InChI=1S/C11H21NO4S/c1-10(2,3)17(15,16)7-5-11(9(13)14)4-6-12-8-11/h12H,4-8H2,1-3H3,(H,13,14). The van der Waals surface area contributed by atoms with E-state index in [1.54, 1.807) is 20.8 Å². The Morgan fingerprint density at radius 1 is 1.41 bits per heavy atom. The number of aliphatic carboxylic acids is 1. The minimum Gasteiger partial charge on any atom is -0.481 e. The molecule has 1 unspecified atom stereocenters. The third-order valence-electron chi connectivity index (χ3n) is 3.48. The minimum atomic E-state index is -3.25. The van der Waals surface area contributed by atoms with Crippen LogP contribution in [0.5, 0.6) is 0 Å². The summed E-state index contributed by atoms with van der Waals surface area (Å²) < 4.78 is 23.1. The molecule has 0 bridgehead atoms. The Morgan fingerprint density at radius 2 is 2.00 bits per heavy atom. The van der Waals surface area contributed by atoms with Gasteiger partial charge in [-0.2, -0.15) is 0 Å². The van der Waals surface area contributed by atoms with Crippen LogP contribution in [0.3, 0.4) is 0 Å². The SMILES string of the molecule is CC(C)(C)S(=O)(=O)CCC1(C(=O)O)CCNC1. The zero-order valence-corrected chi connectivity index (χ0v) is 11.4. The lowest BCUT2D eigenvalue weighted by molar-refractivity contribution is -0.147. The van der Waals surface area contributed by atoms with Crippen LogP contribution in [-0.4, -0.2) is 43.1 Å². The Labute approximate surface area is 103 Å². The number of hydrogen-bond acceptors (Lipinski definition) is 4. The van der Waals surface area contributed by atoms with Gasteiger partial charge in [0.25, 0.3) is 0 Å². The molecular weight excluding hydrogens is 242 g/mol. The van der Waals surface area contributed by atoms with Crippen LogP contribution in [-0.2, 0) is 14.6 Å². The molecule has 1 heterocycles. The molecule has 1 aliphatic rings. The third-order valence-corrected chi connectivity index (χ3v) is 6.09. The van der Waals surface area contributed by atoms with Crippen molar-refractivity contribution in [2.75, 3.05) is 18.8 Å². The molecule has 0 aromatic carbocycles. The number of nitrogens with one attached hydrogen (secondary N) is 1. The lowest BCUT2D eigenvalue weighted by atomic mass is 9.84. The van der Waals surface area contributed by atoms with Crippen molar-refractivity contribution in [3.63, 3.8) is 0 Å². The van der Waals surface area contributed by atoms with Crippen LogP contribution in [0, 0.1) is 5.41 Å². The fourth-order valence-corrected chi connectivity index (χ4v) is 3.15. The van der Waals surface area contributed by atoms with Crippen molar-refractivity contribution in [1.29, 1.82) is 0 Å². The van der Waals surface area contributed by atoms with Crippen LogP contribution < -0.4 is 5.32 Å². The molecule has 2 N–H and O–H groups in total. The van der Waals surface area contributed by atoms with Crippen molar-refractivity contribution in [3.8, 4) is 0 Å². The molecule has 1 aliphatic heterocycles. The van der Waals surface area contributed by atoms with Gasteiger partial charge in [0.1, 0.15) is 0 Å². The van der Waals surface area contributed by atoms with E-state index < -0.39 is 26.0 Å². The molecule has 0 spiro atoms. The molecule has 0 amide bonds. The Balaban J connectivity index is 2.76. The van der Waals surface area contributed by atoms with Gasteiger partial charge in [0.15, 0.2) is 9.84 Å². The lowest BCUT2D eigenvalue weighted by Crippen LogP contribution is -2.38. The van der Waals surface area contributed by atoms with Crippen molar-refractivity contribution in [1.82, 2.24) is 5.32 Å². The second kappa shape index (κ2) is 4.57. The summed E-state index contributed by atoms with van der Waals surface area (Å²) in [4.78, 5) is 11.3. The Morgan fingerprint density at radius 3 is 2.35 bits per heavy atom. The maximum atomic E-state index is 12.0. The molecule has 100 valence electrons. The van der Waals surface area contributed by atoms with Gasteiger partial charge < -0.3 is 10.4 Å². The van der Waals surface area contributed by atoms with E-state index in [-0.39, 0.29) is 12.2 Å². The summed E-state index contributed by atoms with van der Waals surface area (Å²) in [5.41, 5.74) is -0.904. The molecule has 6 heteroatoms. The van der Waals surface area contributed by atoms with E-state index in [1.807, 2.05) is 0 Å². The zero-order valence-electron chi connectivity index (χ0n) is 10.6. The first-order valence-electron chi connectivity index (χ1n) is 5.77. The Hall–Kier alpha value is -0.620. The summed E-state index contributed by atoms with van der Waals surface area (Å²) in [5.74, 6) is -0.962. The molecular formula is C11H21NO4S. The fourth-order valence-electron chi connectivity index (χ4n) is 1.88. The Bertz CT molecular complexity index is 388. The highest BCUT2D eigenvalue weighted by Crippen LogP contribution is 2.32. The van der Waals surface area contributed by atoms with Gasteiger partial charge >= 0.3 is 5.97 Å². The summed E-state index contributed by atoms with van der Waals surface area (Å²) >= 11 is 0. The molecule has 17 heavy (non-hydrogen) atoms. The van der Waals surface area contributed by atoms with Crippen molar-refractivity contribution >= 4 is 15.8 Å². The summed E-state index contributed by atoms with van der Waals surface area (Å²) in [6.07, 6.45) is 0.691. The first-order chi connectivity index (χ1) is 7.61. The van der Waals surface area contributed by atoms with Crippen molar-refractivity contribution in [3.05, 3.63) is 0 Å². The lowest BCUT2D eigenvalue weighted by Gasteiger charge is -2.25. The summed E-state index contributed by atoms with van der Waals surface area (Å²) in [6, 6.07) is 0. The van der Waals surface area contributed by atoms with Crippen LogP contribution in [0.25, 0.3) is 0 Å². The quantitative estimate of drug-likeness (QED) is 0.778. The van der Waals surface area contributed by atoms with Gasteiger partial charge in [-0.3, -0.25) is 4.79 Å². The molecule has 1 saturated heterocycles. The Kier molecular flexibility index (Phi) is 3.88. The average molecular weight is 263 g/mol. The van der Waals surface area contributed by atoms with E-state index in [2.05, 4.69) is 5.32 Å². The van der Waals surface area contributed by atoms with E-state index >= 15 is 0 Å². The van der Waals surface area contributed by atoms with Crippen molar-refractivity contribution < 1.29 is 18.3 Å². The predicted molar refractivity (Wildman–Crippen MR) is 65.7 cm³/mol. The fraction of sp³-hybridized carbons (Fsp3) is 0.909. The number of carboxylic acid groups (broad SMARTS) is 1. The van der Waals surface area contributed by atoms with E-state index in [0.29, 0.717) is 19.5 Å². The van der Waals surface area contributed by atoms with E-state index in [4.69, 9.17) is 0 Å². The van der Waals surface area contributed by atoms with Gasteiger partial charge in [0.2, 0.25) is 0 Å². The second-order valence-corrected chi connectivity index (χ2v) is 8.56. The van der Waals surface area contributed by atoms with Crippen LogP contribution in [0.15, 0.2) is 0 Å². The minimum absolute atomic E-state index is 0.0650. The van der Waals surface area contributed by atoms with Crippen LogP contribution in [0.4, 0.5) is 0 Å². The number of rotatable bonds is 4. The molecule has 0 radical (unpaired) electrons. The molecule has 0 aromatic rings. The highest BCUT2D eigenvalue weighted by Gasteiger charge is 2.43. The smallest absolute Gasteiger partial charge is 0.311 e. The van der Waals surface area contributed by atoms with Crippen LogP contribution in [0.1, 0.15) is 33.6 Å². The van der Waals surface area contributed by atoms with E-state index in [0.717, 1.165) is 0 Å². The number of hydrogen-bond donors (Lipinski definition) is 2. The molecule has 0 aromatic heterocycles. The molecule has 1 rings (SSSR count). The monoisotopic (exact) mass is 263 g/mol. The highest BCUT2D eigenvalue weighted by molar-refractivity contribution is 7.92. The molecule has 1 atom stereocenters. The first-order valence-corrected chi connectivity index (χ1v) is 7.42. The van der Waals surface area contributed by atoms with Crippen LogP contribution in [0.2, 0.25) is 0 Å². The number of carboxylic acids is 1.